The van der Waals surface area contributed by atoms with Crippen molar-refractivity contribution in [2.75, 3.05) is 23.1 Å². The maximum atomic E-state index is 12.6. The van der Waals surface area contributed by atoms with Crippen LogP contribution in [0.15, 0.2) is 72.8 Å². The minimum absolute atomic E-state index is 0.0814. The zero-order valence-corrected chi connectivity index (χ0v) is 20.7. The first kappa shape index (κ1) is 26.2. The fourth-order valence-electron chi connectivity index (χ4n) is 3.31. The standard InChI is InChI=1S/C28H29N3O5/c1-28(2,3)17-24(32)29-21-11-5-18(6-12-21)25(33)30-22-13-7-19(8-14-22)26(34)31-23-15-9-20(10-16-23)27(35)36-4/h5-16H,17H2,1-4H3,(H,29,32)(H,30,33)(H,31,34). The number of hydrogen-bond acceptors (Lipinski definition) is 5. The third-order valence-electron chi connectivity index (χ3n) is 5.09. The van der Waals surface area contributed by atoms with Gasteiger partial charge in [0.15, 0.2) is 0 Å². The zero-order chi connectivity index (χ0) is 26.3. The van der Waals surface area contributed by atoms with E-state index in [1.165, 1.54) is 7.11 Å². The van der Waals surface area contributed by atoms with Gasteiger partial charge in [-0.15, -0.1) is 0 Å². The maximum absolute atomic E-state index is 12.6. The first-order chi connectivity index (χ1) is 17.0. The number of amides is 3. The van der Waals surface area contributed by atoms with Crippen molar-refractivity contribution in [3.8, 4) is 0 Å². The molecule has 0 atom stereocenters. The molecule has 0 heterocycles. The average Bonchev–Trinajstić information content (AvgIpc) is 2.83. The summed E-state index contributed by atoms with van der Waals surface area (Å²) in [5, 5.41) is 8.37. The van der Waals surface area contributed by atoms with Crippen LogP contribution in [-0.2, 0) is 9.53 Å². The molecule has 0 aliphatic rings. The molecule has 0 unspecified atom stereocenters. The second-order valence-corrected chi connectivity index (χ2v) is 9.42. The monoisotopic (exact) mass is 487 g/mol. The van der Waals surface area contributed by atoms with Gasteiger partial charge in [0.2, 0.25) is 5.91 Å². The molecule has 0 saturated carbocycles. The number of benzene rings is 3. The van der Waals surface area contributed by atoms with E-state index in [4.69, 9.17) is 0 Å². The number of methoxy groups -OCH3 is 1. The van der Waals surface area contributed by atoms with Crippen LogP contribution in [-0.4, -0.2) is 30.8 Å². The first-order valence-electron chi connectivity index (χ1n) is 11.4. The summed E-state index contributed by atoms with van der Waals surface area (Å²) in [6.07, 6.45) is 0.394. The van der Waals surface area contributed by atoms with E-state index in [2.05, 4.69) is 20.7 Å². The molecule has 0 aliphatic carbocycles. The molecule has 3 aromatic carbocycles. The van der Waals surface area contributed by atoms with E-state index in [-0.39, 0.29) is 23.1 Å². The van der Waals surface area contributed by atoms with E-state index < -0.39 is 5.97 Å². The van der Waals surface area contributed by atoms with Crippen molar-refractivity contribution in [1.82, 2.24) is 0 Å². The average molecular weight is 488 g/mol. The highest BCUT2D eigenvalue weighted by Gasteiger charge is 2.16. The summed E-state index contributed by atoms with van der Waals surface area (Å²) >= 11 is 0. The number of carbonyl (C=O) groups is 4. The molecule has 0 spiro atoms. The molecule has 0 radical (unpaired) electrons. The second-order valence-electron chi connectivity index (χ2n) is 9.42. The number of esters is 1. The topological polar surface area (TPSA) is 114 Å². The van der Waals surface area contributed by atoms with Gasteiger partial charge in [-0.25, -0.2) is 4.79 Å². The smallest absolute Gasteiger partial charge is 0.337 e. The van der Waals surface area contributed by atoms with Crippen molar-refractivity contribution in [3.63, 3.8) is 0 Å². The molecular formula is C28H29N3O5. The van der Waals surface area contributed by atoms with Gasteiger partial charge >= 0.3 is 5.97 Å². The molecule has 8 heteroatoms. The highest BCUT2D eigenvalue weighted by Crippen LogP contribution is 2.20. The fourth-order valence-corrected chi connectivity index (χ4v) is 3.31. The van der Waals surface area contributed by atoms with E-state index in [0.29, 0.717) is 40.2 Å². The Kier molecular flexibility index (Phi) is 8.22. The Labute approximate surface area is 210 Å². The molecule has 0 saturated heterocycles. The van der Waals surface area contributed by atoms with Gasteiger partial charge < -0.3 is 20.7 Å². The van der Waals surface area contributed by atoms with Gasteiger partial charge in [-0.05, 0) is 78.2 Å². The predicted octanol–water partition coefficient (Wildman–Crippen LogP) is 5.35. The van der Waals surface area contributed by atoms with Gasteiger partial charge in [-0.3, -0.25) is 14.4 Å². The first-order valence-corrected chi connectivity index (χ1v) is 11.4. The Bertz CT molecular complexity index is 1240. The number of anilines is 3. The SMILES string of the molecule is COC(=O)c1ccc(NC(=O)c2ccc(NC(=O)c3ccc(NC(=O)CC(C)(C)C)cc3)cc2)cc1. The van der Waals surface area contributed by atoms with Crippen LogP contribution in [0.25, 0.3) is 0 Å². The fraction of sp³-hybridized carbons (Fsp3) is 0.214. The summed E-state index contributed by atoms with van der Waals surface area (Å²) in [7, 11) is 1.30. The van der Waals surface area contributed by atoms with Crippen molar-refractivity contribution in [3.05, 3.63) is 89.5 Å². The van der Waals surface area contributed by atoms with Crippen LogP contribution in [0, 0.1) is 5.41 Å². The summed E-state index contributed by atoms with van der Waals surface area (Å²) in [5.41, 5.74) is 2.79. The Morgan fingerprint density at radius 3 is 1.33 bits per heavy atom. The molecule has 3 rings (SSSR count). The van der Waals surface area contributed by atoms with Gasteiger partial charge in [0.1, 0.15) is 0 Å². The van der Waals surface area contributed by atoms with Crippen molar-refractivity contribution < 1.29 is 23.9 Å². The van der Waals surface area contributed by atoms with Crippen molar-refractivity contribution in [1.29, 1.82) is 0 Å². The van der Waals surface area contributed by atoms with Crippen LogP contribution in [0.3, 0.4) is 0 Å². The predicted molar refractivity (Wildman–Crippen MR) is 139 cm³/mol. The van der Waals surface area contributed by atoms with Crippen molar-refractivity contribution in [2.24, 2.45) is 5.41 Å². The zero-order valence-electron chi connectivity index (χ0n) is 20.7. The molecule has 186 valence electrons. The van der Waals surface area contributed by atoms with Gasteiger partial charge in [-0.1, -0.05) is 20.8 Å². The lowest BCUT2D eigenvalue weighted by molar-refractivity contribution is -0.117. The van der Waals surface area contributed by atoms with E-state index in [1.54, 1.807) is 72.8 Å². The van der Waals surface area contributed by atoms with Gasteiger partial charge in [0.25, 0.3) is 11.8 Å². The summed E-state index contributed by atoms with van der Waals surface area (Å²) in [6, 6.07) is 19.4. The van der Waals surface area contributed by atoms with Crippen LogP contribution in [0.1, 0.15) is 58.3 Å². The molecule has 36 heavy (non-hydrogen) atoms. The van der Waals surface area contributed by atoms with Crippen LogP contribution in [0.4, 0.5) is 17.1 Å². The molecule has 0 aromatic heterocycles. The lowest BCUT2D eigenvalue weighted by Gasteiger charge is -2.17. The third kappa shape index (κ3) is 7.53. The van der Waals surface area contributed by atoms with Crippen LogP contribution < -0.4 is 16.0 Å². The quantitative estimate of drug-likeness (QED) is 0.389. The Morgan fingerprint density at radius 1 is 0.611 bits per heavy atom. The molecule has 8 nitrogen and oxygen atoms in total. The van der Waals surface area contributed by atoms with Gasteiger partial charge in [0, 0.05) is 34.6 Å². The largest absolute Gasteiger partial charge is 0.465 e. The van der Waals surface area contributed by atoms with E-state index in [1.807, 2.05) is 20.8 Å². The van der Waals surface area contributed by atoms with E-state index in [9.17, 15) is 19.2 Å². The number of carbonyl (C=O) groups excluding carboxylic acids is 4. The number of nitrogens with one attached hydrogen (secondary N) is 3. The van der Waals surface area contributed by atoms with Crippen molar-refractivity contribution in [2.45, 2.75) is 27.2 Å². The van der Waals surface area contributed by atoms with Crippen LogP contribution >= 0.6 is 0 Å². The maximum Gasteiger partial charge on any atom is 0.337 e. The molecule has 3 N–H and O–H groups in total. The Morgan fingerprint density at radius 2 is 0.972 bits per heavy atom. The van der Waals surface area contributed by atoms with Gasteiger partial charge in [0.05, 0.1) is 12.7 Å². The van der Waals surface area contributed by atoms with E-state index >= 15 is 0 Å². The minimum Gasteiger partial charge on any atom is -0.465 e. The Balaban J connectivity index is 1.55. The Hall–Kier alpha value is -4.46. The van der Waals surface area contributed by atoms with Crippen LogP contribution in [0.5, 0.6) is 0 Å². The minimum atomic E-state index is -0.454. The molecule has 3 amide bonds. The molecular weight excluding hydrogens is 458 g/mol. The molecule has 0 fully saturated rings. The third-order valence-corrected chi connectivity index (χ3v) is 5.09. The number of ether oxygens (including phenoxy) is 1. The highest BCUT2D eigenvalue weighted by atomic mass is 16.5. The normalized spacial score (nSPS) is 10.8. The number of hydrogen-bond donors (Lipinski definition) is 3. The lowest BCUT2D eigenvalue weighted by atomic mass is 9.92. The number of rotatable bonds is 7. The highest BCUT2D eigenvalue weighted by molar-refractivity contribution is 6.06. The molecule has 3 aromatic rings. The lowest BCUT2D eigenvalue weighted by Crippen LogP contribution is -2.19. The summed E-state index contributed by atoms with van der Waals surface area (Å²) < 4.78 is 4.66. The van der Waals surface area contributed by atoms with E-state index in [0.717, 1.165) is 0 Å². The van der Waals surface area contributed by atoms with Crippen LogP contribution in [0.2, 0.25) is 0 Å². The summed E-state index contributed by atoms with van der Waals surface area (Å²) in [6.45, 7) is 5.97. The molecule has 0 aliphatic heterocycles. The summed E-state index contributed by atoms with van der Waals surface area (Å²) in [4.78, 5) is 48.7. The summed E-state index contributed by atoms with van der Waals surface area (Å²) in [5.74, 6) is -1.18. The molecule has 0 bridgehead atoms. The van der Waals surface area contributed by atoms with Gasteiger partial charge in [-0.2, -0.15) is 0 Å². The second kappa shape index (κ2) is 11.3. The van der Waals surface area contributed by atoms with Crippen molar-refractivity contribution >= 4 is 40.8 Å².